The van der Waals surface area contributed by atoms with Crippen molar-refractivity contribution >= 4 is 0 Å². The van der Waals surface area contributed by atoms with Crippen LogP contribution in [0, 0.1) is 23.5 Å². The van der Waals surface area contributed by atoms with Crippen LogP contribution >= 0.6 is 0 Å². The number of benzene rings is 1. The van der Waals surface area contributed by atoms with Crippen LogP contribution in [0.2, 0.25) is 0 Å². The highest BCUT2D eigenvalue weighted by atomic mass is 19.2. The summed E-state index contributed by atoms with van der Waals surface area (Å²) in [5, 5.41) is 8.10. The molecular weight excluding hydrogens is 366 g/mol. The monoisotopic (exact) mass is 400 g/mol. The molecule has 0 N–H and O–H groups in total. The van der Waals surface area contributed by atoms with Gasteiger partial charge in [0.15, 0.2) is 11.6 Å². The first-order valence-corrected chi connectivity index (χ1v) is 11.4. The Morgan fingerprint density at radius 2 is 1.55 bits per heavy atom. The van der Waals surface area contributed by atoms with Crippen molar-refractivity contribution in [3.05, 3.63) is 47.2 Å². The van der Waals surface area contributed by atoms with Crippen molar-refractivity contribution in [3.63, 3.8) is 0 Å². The summed E-state index contributed by atoms with van der Waals surface area (Å²) in [4.78, 5) is 0. The minimum Gasteiger partial charge on any atom is -0.203 e. The second-order valence-electron chi connectivity index (χ2n) is 8.58. The van der Waals surface area contributed by atoms with Crippen LogP contribution in [0.1, 0.15) is 82.9 Å². The van der Waals surface area contributed by atoms with Crippen LogP contribution in [0.4, 0.5) is 8.78 Å². The van der Waals surface area contributed by atoms with Crippen LogP contribution in [0.15, 0.2) is 24.3 Å². The summed E-state index contributed by atoms with van der Waals surface area (Å²) in [7, 11) is 0. The van der Waals surface area contributed by atoms with E-state index in [1.165, 1.54) is 51.4 Å². The van der Waals surface area contributed by atoms with E-state index in [0.717, 1.165) is 24.5 Å². The van der Waals surface area contributed by atoms with Gasteiger partial charge in [-0.1, -0.05) is 71.3 Å². The molecule has 0 bridgehead atoms. The highest BCUT2D eigenvalue weighted by Gasteiger charge is 2.22. The summed E-state index contributed by atoms with van der Waals surface area (Å²) < 4.78 is 29.3. The highest BCUT2D eigenvalue weighted by molar-refractivity contribution is 5.60. The van der Waals surface area contributed by atoms with E-state index in [-0.39, 0.29) is 5.56 Å². The largest absolute Gasteiger partial charge is 0.203 e. The molecule has 0 unspecified atom stereocenters. The van der Waals surface area contributed by atoms with Crippen molar-refractivity contribution in [3.8, 4) is 11.3 Å². The van der Waals surface area contributed by atoms with E-state index in [1.807, 2.05) is 13.0 Å². The van der Waals surface area contributed by atoms with Gasteiger partial charge in [-0.05, 0) is 54.9 Å². The predicted molar refractivity (Wildman–Crippen MR) is 115 cm³/mol. The average Bonchev–Trinajstić information content (AvgIpc) is 2.76. The van der Waals surface area contributed by atoms with Crippen LogP contribution in [-0.2, 0) is 12.8 Å². The number of nitrogens with zero attached hydrogens (tertiary/aromatic N) is 2. The molecule has 0 atom stereocenters. The zero-order chi connectivity index (χ0) is 20.6. The maximum Gasteiger partial charge on any atom is 0.168 e. The molecule has 1 aromatic carbocycles. The number of aryl methyl sites for hydroxylation is 2. The third-order valence-electron chi connectivity index (χ3n) is 6.52. The molecule has 1 fully saturated rings. The smallest absolute Gasteiger partial charge is 0.168 e. The van der Waals surface area contributed by atoms with Crippen LogP contribution < -0.4 is 0 Å². The second-order valence-corrected chi connectivity index (χ2v) is 8.58. The van der Waals surface area contributed by atoms with Gasteiger partial charge < -0.3 is 0 Å². The first kappa shape index (κ1) is 21.9. The molecule has 158 valence electrons. The summed E-state index contributed by atoms with van der Waals surface area (Å²) in [5.74, 6) is -0.00344. The normalized spacial score (nSPS) is 19.4. The lowest BCUT2D eigenvalue weighted by atomic mass is 9.77. The van der Waals surface area contributed by atoms with E-state index in [4.69, 9.17) is 0 Å². The molecule has 0 aliphatic heterocycles. The van der Waals surface area contributed by atoms with Gasteiger partial charge in [0.2, 0.25) is 0 Å². The van der Waals surface area contributed by atoms with E-state index in [2.05, 4.69) is 17.1 Å². The van der Waals surface area contributed by atoms with Gasteiger partial charge in [-0.25, -0.2) is 8.78 Å². The fraction of sp³-hybridized carbons (Fsp3) is 0.600. The van der Waals surface area contributed by atoms with Gasteiger partial charge in [-0.15, -0.1) is 0 Å². The zero-order valence-electron chi connectivity index (χ0n) is 17.9. The summed E-state index contributed by atoms with van der Waals surface area (Å²) in [6.45, 7) is 4.23. The first-order valence-electron chi connectivity index (χ1n) is 11.4. The molecule has 3 rings (SSSR count). The molecule has 1 aliphatic rings. The lowest BCUT2D eigenvalue weighted by molar-refractivity contribution is 0.248. The zero-order valence-corrected chi connectivity index (χ0v) is 17.9. The lowest BCUT2D eigenvalue weighted by Gasteiger charge is -2.28. The Balaban J connectivity index is 1.55. The van der Waals surface area contributed by atoms with Gasteiger partial charge in [-0.3, -0.25) is 0 Å². The Morgan fingerprint density at radius 1 is 0.828 bits per heavy atom. The van der Waals surface area contributed by atoms with Crippen molar-refractivity contribution in [2.24, 2.45) is 11.8 Å². The van der Waals surface area contributed by atoms with E-state index < -0.39 is 11.6 Å². The van der Waals surface area contributed by atoms with Gasteiger partial charge in [0.25, 0.3) is 0 Å². The molecule has 1 aromatic heterocycles. The van der Waals surface area contributed by atoms with Gasteiger partial charge in [0, 0.05) is 5.56 Å². The minimum absolute atomic E-state index is 0.189. The maximum atomic E-state index is 14.7. The molecule has 2 nitrogen and oxygen atoms in total. The van der Waals surface area contributed by atoms with E-state index >= 15 is 0 Å². The van der Waals surface area contributed by atoms with E-state index in [9.17, 15) is 8.78 Å². The fourth-order valence-corrected chi connectivity index (χ4v) is 4.52. The van der Waals surface area contributed by atoms with Crippen molar-refractivity contribution in [1.82, 2.24) is 10.2 Å². The van der Waals surface area contributed by atoms with Gasteiger partial charge >= 0.3 is 0 Å². The van der Waals surface area contributed by atoms with Gasteiger partial charge in [0.1, 0.15) is 0 Å². The van der Waals surface area contributed by atoms with E-state index in [1.54, 1.807) is 18.2 Å². The predicted octanol–water partition coefficient (Wildman–Crippen LogP) is 7.30. The number of unbranched alkanes of at least 4 members (excludes halogenated alkanes) is 2. The number of rotatable bonds is 9. The fourth-order valence-electron chi connectivity index (χ4n) is 4.52. The van der Waals surface area contributed by atoms with Crippen molar-refractivity contribution in [1.29, 1.82) is 0 Å². The van der Waals surface area contributed by atoms with Crippen molar-refractivity contribution < 1.29 is 8.78 Å². The quantitative estimate of drug-likeness (QED) is 0.413. The Labute approximate surface area is 174 Å². The number of halogens is 2. The standard InChI is InChI=1S/C25H34F2N2/c1-3-5-6-7-18-8-10-19(11-9-18)12-13-20-14-16-22(25(27)24(20)26)23-17-15-21(4-2)28-29-23/h14-19H,3-13H2,1-2H3/t18-,19-. The van der Waals surface area contributed by atoms with Gasteiger partial charge in [0.05, 0.1) is 11.4 Å². The number of aromatic nitrogens is 2. The molecule has 4 heteroatoms. The Morgan fingerprint density at radius 3 is 2.17 bits per heavy atom. The lowest BCUT2D eigenvalue weighted by Crippen LogP contribution is -2.15. The molecule has 0 spiro atoms. The van der Waals surface area contributed by atoms with Gasteiger partial charge in [-0.2, -0.15) is 10.2 Å². The highest BCUT2D eigenvalue weighted by Crippen LogP contribution is 2.35. The molecule has 2 aromatic rings. The second kappa shape index (κ2) is 10.8. The van der Waals surface area contributed by atoms with Crippen LogP contribution in [-0.4, -0.2) is 10.2 Å². The molecule has 0 radical (unpaired) electrons. The molecule has 0 saturated heterocycles. The molecule has 1 saturated carbocycles. The maximum absolute atomic E-state index is 14.7. The third-order valence-corrected chi connectivity index (χ3v) is 6.52. The van der Waals surface area contributed by atoms with Crippen LogP contribution in [0.25, 0.3) is 11.3 Å². The van der Waals surface area contributed by atoms with E-state index in [0.29, 0.717) is 23.6 Å². The Bertz CT molecular complexity index is 765. The molecule has 1 heterocycles. The summed E-state index contributed by atoms with van der Waals surface area (Å²) in [5.41, 5.74) is 1.89. The molecule has 1 aliphatic carbocycles. The minimum atomic E-state index is -0.805. The Hall–Kier alpha value is -1.84. The molecule has 0 amide bonds. The molecular formula is C25H34F2N2. The topological polar surface area (TPSA) is 25.8 Å². The molecule has 29 heavy (non-hydrogen) atoms. The SMILES string of the molecule is CCCCC[C@H]1CC[C@H](CCc2ccc(-c3ccc(CC)nn3)c(F)c2F)CC1. The summed E-state index contributed by atoms with van der Waals surface area (Å²) in [6, 6.07) is 6.89. The van der Waals surface area contributed by atoms with Crippen LogP contribution in [0.3, 0.4) is 0 Å². The summed E-state index contributed by atoms with van der Waals surface area (Å²) in [6.07, 6.45) is 12.7. The van der Waals surface area contributed by atoms with Crippen molar-refractivity contribution in [2.45, 2.75) is 84.5 Å². The Kier molecular flexibility index (Phi) is 8.14. The van der Waals surface area contributed by atoms with Crippen molar-refractivity contribution in [2.75, 3.05) is 0 Å². The third kappa shape index (κ3) is 5.83. The first-order chi connectivity index (χ1) is 14.1. The number of hydrogen-bond donors (Lipinski definition) is 0. The summed E-state index contributed by atoms with van der Waals surface area (Å²) >= 11 is 0. The van der Waals surface area contributed by atoms with Crippen LogP contribution in [0.5, 0.6) is 0 Å². The average molecular weight is 401 g/mol. The number of hydrogen-bond acceptors (Lipinski definition) is 2.